The van der Waals surface area contributed by atoms with Crippen LogP contribution in [0.1, 0.15) is 17.3 Å². The van der Waals surface area contributed by atoms with E-state index in [0.717, 1.165) is 4.90 Å². The van der Waals surface area contributed by atoms with Gasteiger partial charge in [0.25, 0.3) is 0 Å². The average molecular weight is 302 g/mol. The summed E-state index contributed by atoms with van der Waals surface area (Å²) in [7, 11) is 0. The van der Waals surface area contributed by atoms with Crippen molar-refractivity contribution in [2.45, 2.75) is 11.8 Å². The molecule has 0 fully saturated rings. The molecule has 0 saturated heterocycles. The monoisotopic (exact) mass is 302 g/mol. The van der Waals surface area contributed by atoms with Crippen molar-refractivity contribution >= 4 is 17.5 Å². The third kappa shape index (κ3) is 4.26. The van der Waals surface area contributed by atoms with E-state index in [9.17, 15) is 4.79 Å². The molecule has 0 spiro atoms. The van der Waals surface area contributed by atoms with Crippen LogP contribution in [0.25, 0.3) is 0 Å². The van der Waals surface area contributed by atoms with E-state index in [1.165, 1.54) is 0 Å². The first-order valence-electron chi connectivity index (χ1n) is 6.76. The Morgan fingerprint density at radius 1 is 1.05 bits per heavy atom. The first kappa shape index (κ1) is 15.4. The summed E-state index contributed by atoms with van der Waals surface area (Å²) in [6.07, 6.45) is 2.02. The summed E-state index contributed by atoms with van der Waals surface area (Å²) in [4.78, 5) is 13.4. The minimum Gasteiger partial charge on any atom is -0.493 e. The normalized spacial score (nSPS) is 10.2. The van der Waals surface area contributed by atoms with Gasteiger partial charge in [-0.2, -0.15) is 0 Å². The lowest BCUT2D eigenvalue weighted by Crippen LogP contribution is -2.13. The highest BCUT2D eigenvalue weighted by Gasteiger charge is 2.12. The predicted molar refractivity (Wildman–Crippen MR) is 85.7 cm³/mol. The van der Waals surface area contributed by atoms with E-state index >= 15 is 0 Å². The molecule has 0 heterocycles. The van der Waals surface area contributed by atoms with Gasteiger partial charge in [0.05, 0.1) is 12.2 Å². The number of hydrogen-bond acceptors (Lipinski definition) is 4. The van der Waals surface area contributed by atoms with Gasteiger partial charge < -0.3 is 9.47 Å². The number of ether oxygens (including phenoxy) is 2. The zero-order chi connectivity index (χ0) is 15.1. The molecule has 2 aromatic carbocycles. The molecule has 0 bridgehead atoms. The lowest BCUT2D eigenvalue weighted by molar-refractivity contribution is 0.0917. The van der Waals surface area contributed by atoms with Crippen LogP contribution < -0.4 is 9.47 Å². The lowest BCUT2D eigenvalue weighted by Gasteiger charge is -2.10. The summed E-state index contributed by atoms with van der Waals surface area (Å²) in [6, 6.07) is 14.9. The Bertz CT molecular complexity index is 593. The Hall–Kier alpha value is -1.94. The molecule has 0 aliphatic rings. The van der Waals surface area contributed by atoms with Crippen molar-refractivity contribution in [1.82, 2.24) is 0 Å². The quantitative estimate of drug-likeness (QED) is 0.570. The Kier molecular flexibility index (Phi) is 5.69. The number of hydrogen-bond donors (Lipinski definition) is 0. The van der Waals surface area contributed by atoms with Crippen LogP contribution in [-0.4, -0.2) is 25.3 Å². The van der Waals surface area contributed by atoms with Gasteiger partial charge in [0.2, 0.25) is 5.78 Å². The van der Waals surface area contributed by atoms with Crippen molar-refractivity contribution in [2.75, 3.05) is 19.5 Å². The highest BCUT2D eigenvalue weighted by Crippen LogP contribution is 2.21. The summed E-state index contributed by atoms with van der Waals surface area (Å²) in [6.45, 7) is 2.43. The zero-order valence-corrected chi connectivity index (χ0v) is 13.0. The van der Waals surface area contributed by atoms with Crippen LogP contribution in [0, 0.1) is 0 Å². The van der Waals surface area contributed by atoms with Crippen molar-refractivity contribution < 1.29 is 14.3 Å². The van der Waals surface area contributed by atoms with E-state index in [0.29, 0.717) is 23.7 Å². The Labute approximate surface area is 129 Å². The molecule has 110 valence electrons. The number of rotatable bonds is 7. The summed E-state index contributed by atoms with van der Waals surface area (Å²) in [5.41, 5.74) is 0.556. The standard InChI is InChI=1S/C17H18O3S/c1-3-19-17-7-5-4-6-15(17)16(18)12-20-13-8-10-14(21-2)11-9-13/h4-11H,3,12H2,1-2H3. The second-order valence-electron chi connectivity index (χ2n) is 4.32. The predicted octanol–water partition coefficient (Wildman–Crippen LogP) is 4.07. The highest BCUT2D eigenvalue weighted by molar-refractivity contribution is 7.98. The SMILES string of the molecule is CCOc1ccccc1C(=O)COc1ccc(SC)cc1. The third-order valence-electron chi connectivity index (χ3n) is 2.92. The molecule has 0 amide bonds. The first-order valence-corrected chi connectivity index (χ1v) is 7.99. The second kappa shape index (κ2) is 7.74. The van der Waals surface area contributed by atoms with Crippen molar-refractivity contribution in [1.29, 1.82) is 0 Å². The van der Waals surface area contributed by atoms with Gasteiger partial charge in [-0.05, 0) is 49.6 Å². The summed E-state index contributed by atoms with van der Waals surface area (Å²) < 4.78 is 11.0. The molecule has 0 N–H and O–H groups in total. The number of para-hydroxylation sites is 1. The second-order valence-corrected chi connectivity index (χ2v) is 5.20. The molecule has 0 aromatic heterocycles. The Morgan fingerprint density at radius 2 is 1.76 bits per heavy atom. The molecule has 0 aliphatic carbocycles. The van der Waals surface area contributed by atoms with Crippen LogP contribution in [0.4, 0.5) is 0 Å². The van der Waals surface area contributed by atoms with E-state index in [1.54, 1.807) is 23.9 Å². The van der Waals surface area contributed by atoms with Crippen LogP contribution in [0.3, 0.4) is 0 Å². The van der Waals surface area contributed by atoms with Crippen molar-refractivity contribution in [3.05, 3.63) is 54.1 Å². The number of carbonyl (C=O) groups is 1. The van der Waals surface area contributed by atoms with Crippen molar-refractivity contribution in [3.63, 3.8) is 0 Å². The van der Waals surface area contributed by atoms with Gasteiger partial charge in [-0.1, -0.05) is 12.1 Å². The molecule has 2 aromatic rings. The van der Waals surface area contributed by atoms with Crippen molar-refractivity contribution in [3.8, 4) is 11.5 Å². The van der Waals surface area contributed by atoms with Crippen LogP contribution in [0.15, 0.2) is 53.4 Å². The van der Waals surface area contributed by atoms with Crippen LogP contribution in [0.5, 0.6) is 11.5 Å². The van der Waals surface area contributed by atoms with E-state index < -0.39 is 0 Å². The molecule has 3 nitrogen and oxygen atoms in total. The number of carbonyl (C=O) groups excluding carboxylic acids is 1. The fraction of sp³-hybridized carbons (Fsp3) is 0.235. The molecule has 2 rings (SSSR count). The maximum absolute atomic E-state index is 12.2. The summed E-state index contributed by atoms with van der Waals surface area (Å²) >= 11 is 1.67. The van der Waals surface area contributed by atoms with Gasteiger partial charge in [-0.15, -0.1) is 11.8 Å². The number of ketones is 1. The van der Waals surface area contributed by atoms with Gasteiger partial charge in [0, 0.05) is 4.90 Å². The van der Waals surface area contributed by atoms with Gasteiger partial charge in [0.1, 0.15) is 11.5 Å². The van der Waals surface area contributed by atoms with Gasteiger partial charge in [-0.25, -0.2) is 0 Å². The van der Waals surface area contributed by atoms with Crippen LogP contribution in [0.2, 0.25) is 0 Å². The molecule has 0 unspecified atom stereocenters. The molecule has 0 radical (unpaired) electrons. The minimum atomic E-state index is -0.0898. The molecule has 21 heavy (non-hydrogen) atoms. The van der Waals surface area contributed by atoms with Crippen molar-refractivity contribution in [2.24, 2.45) is 0 Å². The fourth-order valence-electron chi connectivity index (χ4n) is 1.88. The zero-order valence-electron chi connectivity index (χ0n) is 12.2. The largest absolute Gasteiger partial charge is 0.493 e. The van der Waals surface area contributed by atoms with Gasteiger partial charge >= 0.3 is 0 Å². The number of thioether (sulfide) groups is 1. The molecular weight excluding hydrogens is 284 g/mol. The van der Waals surface area contributed by atoms with E-state index in [-0.39, 0.29) is 12.4 Å². The topological polar surface area (TPSA) is 35.5 Å². The number of benzene rings is 2. The molecule has 0 saturated carbocycles. The maximum atomic E-state index is 12.2. The maximum Gasteiger partial charge on any atom is 0.203 e. The molecular formula is C17H18O3S. The van der Waals surface area contributed by atoms with Gasteiger partial charge in [-0.3, -0.25) is 4.79 Å². The van der Waals surface area contributed by atoms with Gasteiger partial charge in [0.15, 0.2) is 6.61 Å². The Morgan fingerprint density at radius 3 is 2.43 bits per heavy atom. The Balaban J connectivity index is 2.01. The van der Waals surface area contributed by atoms with E-state index in [4.69, 9.17) is 9.47 Å². The first-order chi connectivity index (χ1) is 10.2. The summed E-state index contributed by atoms with van der Waals surface area (Å²) in [5, 5.41) is 0. The van der Waals surface area contributed by atoms with Crippen LogP contribution in [-0.2, 0) is 0 Å². The number of Topliss-reactive ketones (excluding diaryl/α,β-unsaturated/α-hetero) is 1. The van der Waals surface area contributed by atoms with E-state index in [1.807, 2.05) is 49.6 Å². The average Bonchev–Trinajstić information content (AvgIpc) is 2.54. The highest BCUT2D eigenvalue weighted by atomic mass is 32.2. The smallest absolute Gasteiger partial charge is 0.203 e. The van der Waals surface area contributed by atoms with Crippen LogP contribution >= 0.6 is 11.8 Å². The molecule has 4 heteroatoms. The fourth-order valence-corrected chi connectivity index (χ4v) is 2.29. The lowest BCUT2D eigenvalue weighted by atomic mass is 10.1. The minimum absolute atomic E-state index is 0.00268. The van der Waals surface area contributed by atoms with E-state index in [2.05, 4.69) is 0 Å². The molecule has 0 aliphatic heterocycles. The summed E-state index contributed by atoms with van der Waals surface area (Å²) in [5.74, 6) is 1.20. The third-order valence-corrected chi connectivity index (χ3v) is 3.66. The molecule has 0 atom stereocenters.